The van der Waals surface area contributed by atoms with E-state index in [2.05, 4.69) is 16.0 Å². The molecule has 1 aromatic rings. The first-order chi connectivity index (χ1) is 9.47. The summed E-state index contributed by atoms with van der Waals surface area (Å²) in [5, 5.41) is 7.87. The fraction of sp³-hybridized carbons (Fsp3) is 0.250. The Kier molecular flexibility index (Phi) is 4.46. The molecule has 2 rings (SSSR count). The molecule has 1 unspecified atom stereocenters. The minimum Gasteiger partial charge on any atom is -0.352 e. The number of urea groups is 1. The molecule has 1 atom stereocenters. The molecular weight excluding hydrogens is 305 g/mol. The molecule has 1 aliphatic rings. The molecule has 8 heteroatoms. The minimum atomic E-state index is -0.622. The number of benzene rings is 1. The molecule has 4 amide bonds. The molecule has 1 heterocycles. The fourth-order valence-electron chi connectivity index (χ4n) is 1.76. The van der Waals surface area contributed by atoms with Crippen LogP contribution in [0.2, 0.25) is 10.0 Å². The summed E-state index contributed by atoms with van der Waals surface area (Å²) in [6.07, 6.45) is 0.300. The first-order valence-electron chi connectivity index (χ1n) is 5.82. The number of hydrogen-bond donors (Lipinski definition) is 3. The van der Waals surface area contributed by atoms with Gasteiger partial charge in [0.05, 0.1) is 10.6 Å². The van der Waals surface area contributed by atoms with Crippen molar-refractivity contribution in [2.75, 3.05) is 6.54 Å². The quantitative estimate of drug-likeness (QED) is 0.732. The van der Waals surface area contributed by atoms with E-state index in [4.69, 9.17) is 23.2 Å². The molecule has 0 spiro atoms. The van der Waals surface area contributed by atoms with Gasteiger partial charge < -0.3 is 10.6 Å². The van der Waals surface area contributed by atoms with Gasteiger partial charge in [-0.15, -0.1) is 0 Å². The monoisotopic (exact) mass is 315 g/mol. The van der Waals surface area contributed by atoms with E-state index in [0.29, 0.717) is 17.0 Å². The van der Waals surface area contributed by atoms with Crippen molar-refractivity contribution in [1.82, 2.24) is 16.0 Å². The molecule has 1 aromatic carbocycles. The third-order valence-electron chi connectivity index (χ3n) is 2.75. The van der Waals surface area contributed by atoms with E-state index >= 15 is 0 Å². The van der Waals surface area contributed by atoms with Crippen LogP contribution in [0.3, 0.4) is 0 Å². The topological polar surface area (TPSA) is 87.3 Å². The number of halogens is 2. The highest BCUT2D eigenvalue weighted by molar-refractivity contribution is 6.36. The predicted octanol–water partition coefficient (Wildman–Crippen LogP) is 1.32. The highest BCUT2D eigenvalue weighted by atomic mass is 35.5. The summed E-state index contributed by atoms with van der Waals surface area (Å²) in [7, 11) is 0. The third-order valence-corrected chi connectivity index (χ3v) is 3.30. The van der Waals surface area contributed by atoms with Gasteiger partial charge in [-0.2, -0.15) is 0 Å². The van der Waals surface area contributed by atoms with E-state index in [1.54, 1.807) is 6.07 Å². The fourth-order valence-corrected chi connectivity index (χ4v) is 2.26. The molecule has 6 nitrogen and oxygen atoms in total. The van der Waals surface area contributed by atoms with Gasteiger partial charge in [0.25, 0.3) is 11.8 Å². The van der Waals surface area contributed by atoms with Gasteiger partial charge >= 0.3 is 6.03 Å². The molecule has 1 aliphatic heterocycles. The highest BCUT2D eigenvalue weighted by Crippen LogP contribution is 2.20. The Morgan fingerprint density at radius 1 is 1.30 bits per heavy atom. The molecule has 20 heavy (non-hydrogen) atoms. The molecule has 0 radical (unpaired) electrons. The maximum absolute atomic E-state index is 11.9. The molecular formula is C12H11Cl2N3O3. The summed E-state index contributed by atoms with van der Waals surface area (Å²) < 4.78 is 0. The van der Waals surface area contributed by atoms with Crippen LogP contribution in [-0.4, -0.2) is 30.4 Å². The van der Waals surface area contributed by atoms with Crippen LogP contribution in [0, 0.1) is 0 Å². The van der Waals surface area contributed by atoms with Gasteiger partial charge in [-0.3, -0.25) is 14.9 Å². The van der Waals surface area contributed by atoms with Crippen LogP contribution in [-0.2, 0) is 4.79 Å². The Labute approximate surface area is 124 Å². The van der Waals surface area contributed by atoms with Gasteiger partial charge in [-0.1, -0.05) is 23.2 Å². The minimum absolute atomic E-state index is 0.232. The summed E-state index contributed by atoms with van der Waals surface area (Å²) >= 11 is 11.6. The van der Waals surface area contributed by atoms with Crippen molar-refractivity contribution in [2.24, 2.45) is 0 Å². The number of carbonyl (C=O) groups is 3. The van der Waals surface area contributed by atoms with Crippen molar-refractivity contribution in [3.05, 3.63) is 33.8 Å². The molecule has 0 bridgehead atoms. The second kappa shape index (κ2) is 6.11. The van der Waals surface area contributed by atoms with Gasteiger partial charge in [0.2, 0.25) is 0 Å². The SMILES string of the molecule is O=C1NC(=O)C(CCNC(=O)c2ccc(Cl)cc2Cl)N1. The van der Waals surface area contributed by atoms with Crippen LogP contribution in [0.5, 0.6) is 0 Å². The summed E-state index contributed by atoms with van der Waals surface area (Å²) in [4.78, 5) is 34.0. The Bertz CT molecular complexity index is 577. The molecule has 0 aliphatic carbocycles. The smallest absolute Gasteiger partial charge is 0.322 e. The molecule has 106 valence electrons. The zero-order chi connectivity index (χ0) is 14.7. The standard InChI is InChI=1S/C12H11Cl2N3O3/c13-6-1-2-7(8(14)5-6)10(18)15-4-3-9-11(19)17-12(20)16-9/h1-2,5,9H,3-4H2,(H,15,18)(H2,16,17,19,20). The Morgan fingerprint density at radius 3 is 2.65 bits per heavy atom. The van der Waals surface area contributed by atoms with E-state index in [0.717, 1.165) is 0 Å². The van der Waals surface area contributed by atoms with Gasteiger partial charge in [0, 0.05) is 11.6 Å². The van der Waals surface area contributed by atoms with Crippen LogP contribution in [0.4, 0.5) is 4.79 Å². The van der Waals surface area contributed by atoms with Crippen molar-refractivity contribution in [3.63, 3.8) is 0 Å². The Balaban J connectivity index is 1.86. The summed E-state index contributed by atoms with van der Waals surface area (Å²) in [6.45, 7) is 0.232. The molecule has 1 fully saturated rings. The van der Waals surface area contributed by atoms with Crippen LogP contribution in [0.1, 0.15) is 16.8 Å². The van der Waals surface area contributed by atoms with Crippen LogP contribution in [0.15, 0.2) is 18.2 Å². The number of nitrogens with one attached hydrogen (secondary N) is 3. The van der Waals surface area contributed by atoms with Gasteiger partial charge in [-0.05, 0) is 24.6 Å². The van der Waals surface area contributed by atoms with Gasteiger partial charge in [0.1, 0.15) is 6.04 Å². The number of rotatable bonds is 4. The molecule has 1 saturated heterocycles. The van der Waals surface area contributed by atoms with E-state index in [-0.39, 0.29) is 17.5 Å². The summed E-state index contributed by atoms with van der Waals surface area (Å²) in [5.74, 6) is -0.759. The first-order valence-corrected chi connectivity index (χ1v) is 6.57. The van der Waals surface area contributed by atoms with E-state index in [9.17, 15) is 14.4 Å². The lowest BCUT2D eigenvalue weighted by atomic mass is 10.2. The maximum atomic E-state index is 11.9. The second-order valence-electron chi connectivity index (χ2n) is 4.18. The maximum Gasteiger partial charge on any atom is 0.322 e. The van der Waals surface area contributed by atoms with Crippen LogP contribution >= 0.6 is 23.2 Å². The first kappa shape index (κ1) is 14.6. The Hall–Kier alpha value is -1.79. The second-order valence-corrected chi connectivity index (χ2v) is 5.03. The summed E-state index contributed by atoms with van der Waals surface area (Å²) in [5.41, 5.74) is 0.302. The van der Waals surface area contributed by atoms with Gasteiger partial charge in [-0.25, -0.2) is 4.79 Å². The molecule has 3 N–H and O–H groups in total. The van der Waals surface area contributed by atoms with Crippen molar-refractivity contribution in [2.45, 2.75) is 12.5 Å². The predicted molar refractivity (Wildman–Crippen MR) is 73.9 cm³/mol. The lowest BCUT2D eigenvalue weighted by molar-refractivity contribution is -0.120. The number of amides is 4. The number of carbonyl (C=O) groups excluding carboxylic acids is 3. The summed E-state index contributed by atoms with van der Waals surface area (Å²) in [6, 6.07) is 3.41. The normalized spacial score (nSPS) is 17.6. The van der Waals surface area contributed by atoms with Gasteiger partial charge in [0.15, 0.2) is 0 Å². The van der Waals surface area contributed by atoms with E-state index in [1.165, 1.54) is 12.1 Å². The highest BCUT2D eigenvalue weighted by Gasteiger charge is 2.28. The van der Waals surface area contributed by atoms with Crippen molar-refractivity contribution < 1.29 is 14.4 Å². The lowest BCUT2D eigenvalue weighted by Gasteiger charge is -2.09. The lowest BCUT2D eigenvalue weighted by Crippen LogP contribution is -2.34. The largest absolute Gasteiger partial charge is 0.352 e. The van der Waals surface area contributed by atoms with Crippen molar-refractivity contribution in [1.29, 1.82) is 0 Å². The molecule has 0 saturated carbocycles. The van der Waals surface area contributed by atoms with E-state index < -0.39 is 18.0 Å². The zero-order valence-corrected chi connectivity index (χ0v) is 11.7. The van der Waals surface area contributed by atoms with Crippen LogP contribution < -0.4 is 16.0 Å². The van der Waals surface area contributed by atoms with Crippen molar-refractivity contribution in [3.8, 4) is 0 Å². The Morgan fingerprint density at radius 2 is 2.05 bits per heavy atom. The zero-order valence-electron chi connectivity index (χ0n) is 10.2. The van der Waals surface area contributed by atoms with E-state index in [1.807, 2.05) is 0 Å². The average molecular weight is 316 g/mol. The number of imide groups is 1. The third kappa shape index (κ3) is 3.40. The average Bonchev–Trinajstić information content (AvgIpc) is 2.67. The van der Waals surface area contributed by atoms with Crippen LogP contribution in [0.25, 0.3) is 0 Å². The van der Waals surface area contributed by atoms with Crippen molar-refractivity contribution >= 4 is 41.0 Å². The molecule has 0 aromatic heterocycles. The number of hydrogen-bond acceptors (Lipinski definition) is 3.